The minimum Gasteiger partial charge on any atom is -0.391 e. The molecule has 108 valence electrons. The van der Waals surface area contributed by atoms with Crippen LogP contribution >= 0.6 is 0 Å². The molecule has 0 atom stereocenters. The van der Waals surface area contributed by atoms with Gasteiger partial charge < -0.3 is 4.84 Å². The minimum absolute atomic E-state index is 0.0677. The van der Waals surface area contributed by atoms with Crippen molar-refractivity contribution in [1.29, 1.82) is 0 Å². The van der Waals surface area contributed by atoms with Crippen LogP contribution in [0.3, 0.4) is 0 Å². The maximum Gasteiger partial charge on any atom is 0.269 e. The molecule has 0 saturated heterocycles. The van der Waals surface area contributed by atoms with Crippen LogP contribution in [0.15, 0.2) is 53.7 Å². The van der Waals surface area contributed by atoms with Crippen molar-refractivity contribution in [2.45, 2.75) is 20.5 Å². The van der Waals surface area contributed by atoms with E-state index in [0.717, 1.165) is 16.8 Å². The molecule has 0 unspecified atom stereocenters. The van der Waals surface area contributed by atoms with Crippen molar-refractivity contribution >= 4 is 11.4 Å². The number of nitro benzene ring substituents is 1. The highest BCUT2D eigenvalue weighted by Gasteiger charge is 2.04. The van der Waals surface area contributed by atoms with Gasteiger partial charge in [0.15, 0.2) is 0 Å². The lowest BCUT2D eigenvalue weighted by atomic mass is 10.1. The Kier molecular flexibility index (Phi) is 4.66. The van der Waals surface area contributed by atoms with Crippen LogP contribution in [0.25, 0.3) is 0 Å². The number of hydrogen-bond acceptors (Lipinski definition) is 4. The third kappa shape index (κ3) is 4.14. The zero-order chi connectivity index (χ0) is 15.2. The maximum atomic E-state index is 10.5. The number of oxime groups is 1. The molecule has 0 aliphatic rings. The molecule has 0 bridgehead atoms. The number of rotatable bonds is 5. The first-order chi connectivity index (χ1) is 10.1. The van der Waals surface area contributed by atoms with Crippen molar-refractivity contribution in [3.63, 3.8) is 0 Å². The smallest absolute Gasteiger partial charge is 0.269 e. The average Bonchev–Trinajstić information content (AvgIpc) is 2.48. The van der Waals surface area contributed by atoms with Crippen LogP contribution in [0.2, 0.25) is 0 Å². The van der Waals surface area contributed by atoms with Crippen molar-refractivity contribution < 1.29 is 9.76 Å². The van der Waals surface area contributed by atoms with Gasteiger partial charge in [-0.15, -0.1) is 0 Å². The summed E-state index contributed by atoms with van der Waals surface area (Å²) in [4.78, 5) is 15.4. The van der Waals surface area contributed by atoms with E-state index in [2.05, 4.69) is 5.16 Å². The van der Waals surface area contributed by atoms with Crippen molar-refractivity contribution in [1.82, 2.24) is 0 Å². The second-order valence-corrected chi connectivity index (χ2v) is 4.74. The molecule has 5 nitrogen and oxygen atoms in total. The number of nitro groups is 1. The van der Waals surface area contributed by atoms with Gasteiger partial charge in [-0.1, -0.05) is 35.0 Å². The number of non-ortho nitro benzene ring substituents is 1. The molecule has 2 aromatic carbocycles. The highest BCUT2D eigenvalue weighted by molar-refractivity contribution is 5.98. The van der Waals surface area contributed by atoms with E-state index in [9.17, 15) is 10.1 Å². The van der Waals surface area contributed by atoms with E-state index in [1.807, 2.05) is 38.1 Å². The van der Waals surface area contributed by atoms with E-state index < -0.39 is 4.92 Å². The molecule has 0 fully saturated rings. The van der Waals surface area contributed by atoms with Gasteiger partial charge in [0.25, 0.3) is 5.69 Å². The third-order valence-electron chi connectivity index (χ3n) is 3.05. The Morgan fingerprint density at radius 2 is 1.76 bits per heavy atom. The maximum absolute atomic E-state index is 10.5. The molecule has 0 amide bonds. The summed E-state index contributed by atoms with van der Waals surface area (Å²) in [6, 6.07) is 14.2. The van der Waals surface area contributed by atoms with E-state index >= 15 is 0 Å². The molecule has 0 N–H and O–H groups in total. The van der Waals surface area contributed by atoms with Crippen LogP contribution in [0.4, 0.5) is 5.69 Å². The predicted octanol–water partition coefficient (Wildman–Crippen LogP) is 3.84. The van der Waals surface area contributed by atoms with Crippen molar-refractivity contribution in [2.24, 2.45) is 5.16 Å². The van der Waals surface area contributed by atoms with Gasteiger partial charge in [0.05, 0.1) is 10.6 Å². The van der Waals surface area contributed by atoms with Gasteiger partial charge in [-0.25, -0.2) is 0 Å². The van der Waals surface area contributed by atoms with Gasteiger partial charge in [0.1, 0.15) is 6.61 Å². The fourth-order valence-electron chi connectivity index (χ4n) is 1.76. The van der Waals surface area contributed by atoms with Crippen LogP contribution in [0, 0.1) is 17.0 Å². The molecule has 2 aromatic rings. The molecule has 0 heterocycles. The second kappa shape index (κ2) is 6.65. The van der Waals surface area contributed by atoms with Crippen molar-refractivity contribution in [2.75, 3.05) is 0 Å². The van der Waals surface area contributed by atoms with Crippen LogP contribution < -0.4 is 0 Å². The monoisotopic (exact) mass is 284 g/mol. The quantitative estimate of drug-likeness (QED) is 0.476. The molecule has 0 radical (unpaired) electrons. The highest BCUT2D eigenvalue weighted by Crippen LogP contribution is 2.13. The summed E-state index contributed by atoms with van der Waals surface area (Å²) in [5.74, 6) is 0. The lowest BCUT2D eigenvalue weighted by Crippen LogP contribution is -1.97. The van der Waals surface area contributed by atoms with Gasteiger partial charge in [-0.05, 0) is 37.1 Å². The molecule has 5 heteroatoms. The largest absolute Gasteiger partial charge is 0.391 e. The Hall–Kier alpha value is -2.69. The topological polar surface area (TPSA) is 64.7 Å². The Balaban J connectivity index is 1.95. The zero-order valence-electron chi connectivity index (χ0n) is 11.9. The summed E-state index contributed by atoms with van der Waals surface area (Å²) in [6.07, 6.45) is 0. The fourth-order valence-corrected chi connectivity index (χ4v) is 1.76. The standard InChI is InChI=1S/C16H16N2O3/c1-12-3-7-15(8-4-12)13(2)17-21-11-14-5-9-16(10-6-14)18(19)20/h3-10H,11H2,1-2H3/b17-13+. The molecule has 0 aromatic heterocycles. The van der Waals surface area contributed by atoms with Crippen LogP contribution in [0.1, 0.15) is 23.6 Å². The van der Waals surface area contributed by atoms with Crippen LogP contribution in [0.5, 0.6) is 0 Å². The van der Waals surface area contributed by atoms with Gasteiger partial charge in [0.2, 0.25) is 0 Å². The van der Waals surface area contributed by atoms with Gasteiger partial charge >= 0.3 is 0 Å². The first kappa shape index (κ1) is 14.7. The van der Waals surface area contributed by atoms with E-state index in [1.54, 1.807) is 12.1 Å². The lowest BCUT2D eigenvalue weighted by molar-refractivity contribution is -0.384. The van der Waals surface area contributed by atoms with E-state index in [1.165, 1.54) is 17.7 Å². The molecule has 0 saturated carbocycles. The summed E-state index contributed by atoms with van der Waals surface area (Å²) in [5.41, 5.74) is 3.89. The van der Waals surface area contributed by atoms with E-state index in [4.69, 9.17) is 4.84 Å². The number of hydrogen-bond donors (Lipinski definition) is 0. The van der Waals surface area contributed by atoms with Crippen LogP contribution in [-0.4, -0.2) is 10.6 Å². The molecule has 21 heavy (non-hydrogen) atoms. The van der Waals surface area contributed by atoms with Gasteiger partial charge in [0, 0.05) is 12.1 Å². The third-order valence-corrected chi connectivity index (χ3v) is 3.05. The molecule has 2 rings (SSSR count). The Morgan fingerprint density at radius 1 is 1.14 bits per heavy atom. The lowest BCUT2D eigenvalue weighted by Gasteiger charge is -2.03. The van der Waals surface area contributed by atoms with Gasteiger partial charge in [-0.2, -0.15) is 0 Å². The number of aryl methyl sites for hydroxylation is 1. The number of benzene rings is 2. The highest BCUT2D eigenvalue weighted by atomic mass is 16.6. The van der Waals surface area contributed by atoms with Crippen molar-refractivity contribution in [3.8, 4) is 0 Å². The number of nitrogens with zero attached hydrogens (tertiary/aromatic N) is 2. The SMILES string of the molecule is C/C(=N\OCc1ccc([N+](=O)[O-])cc1)c1ccc(C)cc1. The van der Waals surface area contributed by atoms with Crippen LogP contribution in [-0.2, 0) is 11.4 Å². The Bertz CT molecular complexity index is 646. The summed E-state index contributed by atoms with van der Waals surface area (Å²) in [6.45, 7) is 4.18. The first-order valence-electron chi connectivity index (χ1n) is 6.53. The fraction of sp³-hybridized carbons (Fsp3) is 0.188. The molecule has 0 aliphatic carbocycles. The zero-order valence-corrected chi connectivity index (χ0v) is 11.9. The molecular weight excluding hydrogens is 268 g/mol. The molecular formula is C16H16N2O3. The summed E-state index contributed by atoms with van der Waals surface area (Å²) >= 11 is 0. The normalized spacial score (nSPS) is 11.2. The Labute approximate surface area is 123 Å². The van der Waals surface area contributed by atoms with Crippen molar-refractivity contribution in [3.05, 3.63) is 75.3 Å². The summed E-state index contributed by atoms with van der Waals surface area (Å²) < 4.78 is 0. The first-order valence-corrected chi connectivity index (χ1v) is 6.53. The predicted molar refractivity (Wildman–Crippen MR) is 81.3 cm³/mol. The van der Waals surface area contributed by atoms with E-state index in [-0.39, 0.29) is 12.3 Å². The minimum atomic E-state index is -0.426. The second-order valence-electron chi connectivity index (χ2n) is 4.74. The molecule has 0 spiro atoms. The van der Waals surface area contributed by atoms with Gasteiger partial charge in [-0.3, -0.25) is 10.1 Å². The Morgan fingerprint density at radius 3 is 2.33 bits per heavy atom. The van der Waals surface area contributed by atoms with E-state index in [0.29, 0.717) is 0 Å². The summed E-state index contributed by atoms with van der Waals surface area (Å²) in [5, 5.41) is 14.6. The summed E-state index contributed by atoms with van der Waals surface area (Å²) in [7, 11) is 0. The molecule has 0 aliphatic heterocycles. The average molecular weight is 284 g/mol.